The first kappa shape index (κ1) is 61.0. The van der Waals surface area contributed by atoms with Crippen LogP contribution in [0, 0.1) is 0 Å². The molecule has 0 atom stereocenters. The molecule has 80 heavy (non-hydrogen) atoms. The van der Waals surface area contributed by atoms with Gasteiger partial charge in [-0.25, -0.2) is 8.83 Å². The van der Waals surface area contributed by atoms with Crippen LogP contribution in [-0.2, 0) is 0 Å². The zero-order valence-electron chi connectivity index (χ0n) is 47.0. The van der Waals surface area contributed by atoms with Crippen LogP contribution in [0.15, 0.2) is 179 Å². The fourth-order valence-electron chi connectivity index (χ4n) is 8.20. The van der Waals surface area contributed by atoms with Gasteiger partial charge in [-0.15, -0.1) is 0 Å². The van der Waals surface area contributed by atoms with Crippen molar-refractivity contribution in [3.63, 3.8) is 0 Å². The molecule has 0 aliphatic rings. The highest BCUT2D eigenvalue weighted by Gasteiger charge is 2.20. The Morgan fingerprint density at radius 1 is 0.350 bits per heavy atom. The van der Waals surface area contributed by atoms with Crippen molar-refractivity contribution in [1.29, 1.82) is 0 Å². The second-order valence-electron chi connectivity index (χ2n) is 18.2. The first-order valence-corrected chi connectivity index (χ1v) is 27.8. The van der Waals surface area contributed by atoms with E-state index in [4.69, 9.17) is 47.3 Å². The van der Waals surface area contributed by atoms with Gasteiger partial charge in [-0.3, -0.25) is 0 Å². The maximum absolute atomic E-state index is 9.89. The second kappa shape index (κ2) is 34.0. The summed E-state index contributed by atoms with van der Waals surface area (Å²) in [7, 11) is -3.17. The summed E-state index contributed by atoms with van der Waals surface area (Å²) in [6.45, 7) is 16.4. The van der Waals surface area contributed by atoms with Crippen molar-refractivity contribution in [1.82, 2.24) is 0 Å². The van der Waals surface area contributed by atoms with Gasteiger partial charge >= 0.3 is 23.0 Å². The first-order valence-electron chi connectivity index (χ1n) is 27.8. The molecular weight excluding hydrogens is 1010 g/mol. The van der Waals surface area contributed by atoms with Gasteiger partial charge in [0.1, 0.15) is 41.9 Å². The van der Waals surface area contributed by atoms with Gasteiger partial charge < -0.3 is 42.8 Å². The lowest BCUT2D eigenvalue weighted by molar-refractivity contribution is -0.366. The van der Waals surface area contributed by atoms with Crippen LogP contribution in [0.3, 0.4) is 0 Å². The smallest absolute Gasteiger partial charge is 0.361 e. The molecule has 0 spiro atoms. The van der Waals surface area contributed by atoms with Crippen molar-refractivity contribution in [2.75, 3.05) is 39.6 Å². The number of benzene rings is 6. The maximum atomic E-state index is 9.89. The lowest BCUT2D eigenvalue weighted by Crippen LogP contribution is -2.39. The molecule has 0 bridgehead atoms. The Bertz CT molecular complexity index is 2720. The Hall–Kier alpha value is -8.19. The van der Waals surface area contributed by atoms with E-state index in [1.54, 1.807) is 0 Å². The number of ether oxygens (including phenoxy) is 6. The molecule has 0 unspecified atom stereocenters. The van der Waals surface area contributed by atoms with Gasteiger partial charge in [0.2, 0.25) is 0 Å². The Kier molecular flexibility index (Phi) is 25.9. The highest BCUT2D eigenvalue weighted by molar-refractivity contribution is 6.27. The summed E-state index contributed by atoms with van der Waals surface area (Å²) in [5.74, 6) is 8.32. The molecule has 10 nitrogen and oxygen atoms in total. The predicted molar refractivity (Wildman–Crippen MR) is 320 cm³/mol. The third-order valence-corrected chi connectivity index (χ3v) is 12.2. The molecule has 0 fully saturated rings. The van der Waals surface area contributed by atoms with Crippen molar-refractivity contribution in [2.24, 2.45) is 0 Å². The Morgan fingerprint density at radius 2 is 0.625 bits per heavy atom. The molecule has 6 aromatic carbocycles. The zero-order chi connectivity index (χ0) is 56.7. The molecule has 0 saturated carbocycles. The molecule has 8 aromatic rings. The minimum Gasteiger partial charge on any atom is -0.867 e. The van der Waals surface area contributed by atoms with E-state index >= 15 is 0 Å². The topological polar surface area (TPSA) is 124 Å². The van der Waals surface area contributed by atoms with Gasteiger partial charge in [-0.05, 0) is 172 Å². The summed E-state index contributed by atoms with van der Waals surface area (Å²) < 4.78 is 56.7. The molecule has 416 valence electrons. The Balaban J connectivity index is 0.000000242. The monoisotopic (exact) mass is 1080 g/mol. The summed E-state index contributed by atoms with van der Waals surface area (Å²) >= 11 is 0. The van der Waals surface area contributed by atoms with E-state index in [-0.39, 0.29) is 0 Å². The molecule has 0 amide bonds. The summed E-state index contributed by atoms with van der Waals surface area (Å²) in [6.07, 6.45) is 15.1. The largest absolute Gasteiger partial charge is 0.867 e. The first-order chi connectivity index (χ1) is 39.1. The van der Waals surface area contributed by atoms with Crippen LogP contribution in [0.25, 0.3) is 69.2 Å². The van der Waals surface area contributed by atoms with Crippen LogP contribution in [0.4, 0.5) is 4.32 Å². The van der Waals surface area contributed by atoms with Crippen LogP contribution in [0.2, 0.25) is 0 Å². The lowest BCUT2D eigenvalue weighted by Gasteiger charge is -2.09. The number of halogens is 1. The van der Waals surface area contributed by atoms with Gasteiger partial charge in [0, 0.05) is 23.3 Å². The number of unbranched alkanes of at least 4 members (excludes halogenated alkanes) is 4. The zero-order valence-corrected chi connectivity index (χ0v) is 47.0. The molecule has 2 aromatic heterocycles. The molecule has 0 aliphatic heterocycles. The second-order valence-corrected chi connectivity index (χ2v) is 18.2. The molecular formula is C68H74BFO10. The minimum atomic E-state index is -3.17. The Labute approximate surface area is 472 Å². The number of hydrogen-bond donors (Lipinski definition) is 0. The van der Waals surface area contributed by atoms with Crippen LogP contribution in [-0.4, -0.2) is 47.0 Å². The fourth-order valence-corrected chi connectivity index (χ4v) is 8.20. The summed E-state index contributed by atoms with van der Waals surface area (Å²) in [4.78, 5) is 0. The molecule has 0 N–H and O–H groups in total. The average molecular weight is 1080 g/mol. The van der Waals surface area contributed by atoms with E-state index < -0.39 is 7.40 Å². The van der Waals surface area contributed by atoms with Crippen molar-refractivity contribution in [3.8, 4) is 79.4 Å². The summed E-state index contributed by atoms with van der Waals surface area (Å²) in [6, 6.07) is 56.9. The van der Waals surface area contributed by atoms with Gasteiger partial charge in [0.05, 0.1) is 75.0 Å². The molecule has 8 rings (SSSR count). The maximum Gasteiger partial charge on any atom is 0.361 e. The number of hydrogen-bond acceptors (Lipinski definition) is 8. The summed E-state index contributed by atoms with van der Waals surface area (Å²) in [5, 5.41) is 16.6. The van der Waals surface area contributed by atoms with Gasteiger partial charge in [0.25, 0.3) is 0 Å². The van der Waals surface area contributed by atoms with Crippen LogP contribution in [0.5, 0.6) is 34.5 Å². The van der Waals surface area contributed by atoms with Crippen LogP contribution < -0.4 is 38.5 Å². The number of rotatable bonds is 26. The van der Waals surface area contributed by atoms with Crippen LogP contribution in [0.1, 0.15) is 103 Å². The molecule has 0 radical (unpaired) electrons. The quantitative estimate of drug-likeness (QED) is 0.0294. The highest BCUT2D eigenvalue weighted by Crippen LogP contribution is 2.34. The normalized spacial score (nSPS) is 10.8. The van der Waals surface area contributed by atoms with Crippen molar-refractivity contribution < 1.29 is 51.6 Å². The van der Waals surface area contributed by atoms with Gasteiger partial charge in [0.15, 0.2) is 0 Å². The van der Waals surface area contributed by atoms with Gasteiger partial charge in [-0.2, -0.15) is 0 Å². The predicted octanol–water partition coefficient (Wildman–Crippen LogP) is 16.5. The van der Waals surface area contributed by atoms with E-state index in [0.29, 0.717) is 26.4 Å². The lowest BCUT2D eigenvalue weighted by atomic mass is 10.0. The van der Waals surface area contributed by atoms with Crippen molar-refractivity contribution in [3.05, 3.63) is 193 Å². The third-order valence-electron chi connectivity index (χ3n) is 12.2. The van der Waals surface area contributed by atoms with E-state index in [2.05, 4.69) is 98.8 Å². The molecule has 0 saturated heterocycles. The molecule has 2 heterocycles. The van der Waals surface area contributed by atoms with E-state index in [1.807, 2.05) is 137 Å². The molecule has 12 heteroatoms. The standard InChI is InChI=1S/2C34H37O4.BFO2/c2*1-4-7-8-23-37-32-16-9-26(10-17-32)11-18-33-24-29(27-12-19-30(20-13-27)35-5-2)25-34(38-33)28-14-21-31(22-15-28)36-6-3;2-1(3)4/h2*9-22,24-25H,4-8,23H2,1-3H3;/q2*+1;-2. The van der Waals surface area contributed by atoms with E-state index in [9.17, 15) is 4.32 Å². The van der Waals surface area contributed by atoms with E-state index in [1.165, 1.54) is 25.7 Å². The van der Waals surface area contributed by atoms with E-state index in [0.717, 1.165) is 128 Å². The fraction of sp³-hybridized carbons (Fsp3) is 0.265. The van der Waals surface area contributed by atoms with Crippen molar-refractivity contribution in [2.45, 2.75) is 80.1 Å². The SMILES string of the molecule is CCCCCOc1ccc(C=Cc2cc(-c3ccc(OCC)cc3)cc(-c3ccc(OCC)cc3)[o+]2)cc1.CCCCCOc1ccc(C=Cc2cc(-c3ccc(OCC)cc3)cc(-c3ccc(OCC)cc3)[o+]2)cc1.[O-]B([O-])F. The minimum absolute atomic E-state index is 0.637. The molecule has 0 aliphatic carbocycles. The van der Waals surface area contributed by atoms with Crippen molar-refractivity contribution >= 4 is 31.7 Å². The Morgan fingerprint density at radius 3 is 0.912 bits per heavy atom. The van der Waals surface area contributed by atoms with Gasteiger partial charge in [-0.1, -0.05) is 88.1 Å². The summed E-state index contributed by atoms with van der Waals surface area (Å²) in [5.41, 5.74) is 8.45. The van der Waals surface area contributed by atoms with Crippen LogP contribution >= 0.6 is 0 Å². The third kappa shape index (κ3) is 20.9. The average Bonchev–Trinajstić information content (AvgIpc) is 3.51. The highest BCUT2D eigenvalue weighted by atomic mass is 19.1.